The largest absolute Gasteiger partial charge is 0.287 e. The van der Waals surface area contributed by atoms with Crippen molar-refractivity contribution >= 4 is 11.6 Å². The Bertz CT molecular complexity index is 1020. The second kappa shape index (κ2) is 5.42. The van der Waals surface area contributed by atoms with Gasteiger partial charge in [0.1, 0.15) is 0 Å². The Balaban J connectivity index is 1.76. The molecule has 0 fully saturated rings. The van der Waals surface area contributed by atoms with Crippen molar-refractivity contribution < 1.29 is 14.2 Å². The Labute approximate surface area is 136 Å². The van der Waals surface area contributed by atoms with Crippen molar-refractivity contribution in [3.63, 3.8) is 0 Å². The smallest absolute Gasteiger partial charge is 0.258 e. The number of hydrogen-bond acceptors (Lipinski definition) is 3. The predicted octanol–water partition coefficient (Wildman–Crippen LogP) is 1.75. The van der Waals surface area contributed by atoms with Crippen molar-refractivity contribution in [3.8, 4) is 0 Å². The first-order valence-electron chi connectivity index (χ1n) is 7.65. The van der Waals surface area contributed by atoms with Crippen LogP contribution >= 0.6 is 0 Å². The van der Waals surface area contributed by atoms with Crippen molar-refractivity contribution in [2.75, 3.05) is 0 Å². The van der Waals surface area contributed by atoms with E-state index in [0.29, 0.717) is 28.7 Å². The zero-order chi connectivity index (χ0) is 16.7. The summed E-state index contributed by atoms with van der Waals surface area (Å²) in [5.74, 6) is -0.637. The molecule has 0 spiro atoms. The third kappa shape index (κ3) is 2.11. The highest BCUT2D eigenvalue weighted by molar-refractivity contribution is 6.26. The Morgan fingerprint density at radius 2 is 1.50 bits per heavy atom. The summed E-state index contributed by atoms with van der Waals surface area (Å²) in [4.78, 5) is 37.5. The maximum Gasteiger partial charge on any atom is 0.258 e. The average molecular weight is 320 g/mol. The minimum absolute atomic E-state index is 0.0572. The molecule has 0 aliphatic heterocycles. The molecule has 118 valence electrons. The molecule has 24 heavy (non-hydrogen) atoms. The van der Waals surface area contributed by atoms with Gasteiger partial charge in [0.05, 0.1) is 11.5 Å². The van der Waals surface area contributed by atoms with Gasteiger partial charge in [-0.15, -0.1) is 0 Å². The summed E-state index contributed by atoms with van der Waals surface area (Å²) >= 11 is 0. The van der Waals surface area contributed by atoms with Crippen LogP contribution in [0.1, 0.15) is 37.7 Å². The highest BCUT2D eigenvalue weighted by Crippen LogP contribution is 2.25. The van der Waals surface area contributed by atoms with E-state index in [0.717, 1.165) is 5.56 Å². The lowest BCUT2D eigenvalue weighted by molar-refractivity contribution is -0.652. The molecule has 1 heterocycles. The zero-order valence-electron chi connectivity index (χ0n) is 12.7. The fraction of sp³-hybridized carbons (Fsp3) is 0.111. The van der Waals surface area contributed by atoms with E-state index < -0.39 is 0 Å². The van der Waals surface area contributed by atoms with Crippen LogP contribution in [-0.4, -0.2) is 21.3 Å². The quantitative estimate of drug-likeness (QED) is 0.584. The van der Waals surface area contributed by atoms with Crippen LogP contribution in [-0.2, 0) is 13.0 Å². The van der Waals surface area contributed by atoms with E-state index in [4.69, 9.17) is 0 Å². The Morgan fingerprint density at radius 1 is 0.875 bits per heavy atom. The lowest BCUT2D eigenvalue weighted by Gasteiger charge is -2.11. The van der Waals surface area contributed by atoms with Crippen molar-refractivity contribution in [2.24, 2.45) is 0 Å². The number of aromatic nitrogens is 3. The molecule has 0 saturated carbocycles. The maximum absolute atomic E-state index is 12.8. The second-order valence-corrected chi connectivity index (χ2v) is 5.67. The van der Waals surface area contributed by atoms with Gasteiger partial charge in [-0.2, -0.15) is 0 Å². The summed E-state index contributed by atoms with van der Waals surface area (Å²) < 4.78 is 1.76. The number of nitrogens with zero attached hydrogens (tertiary/aromatic N) is 2. The molecule has 0 atom stereocenters. The summed E-state index contributed by atoms with van der Waals surface area (Å²) in [6.07, 6.45) is 0.584. The molecule has 1 aliphatic rings. The molecule has 0 unspecified atom stereocenters. The molecular weight excluding hydrogens is 306 g/mol. The number of aromatic amines is 1. The first-order valence-corrected chi connectivity index (χ1v) is 7.65. The molecule has 0 saturated heterocycles. The third-order valence-electron chi connectivity index (χ3n) is 4.24. The number of rotatable bonds is 3. The number of carbonyl (C=O) groups is 2. The van der Waals surface area contributed by atoms with E-state index in [1.165, 1.54) is 4.68 Å². The molecule has 1 aliphatic carbocycles. The van der Waals surface area contributed by atoms with E-state index >= 15 is 0 Å². The minimum Gasteiger partial charge on any atom is -0.287 e. The number of hydrogen-bond donors (Lipinski definition) is 1. The number of nitrogens with one attached hydrogen (secondary N) is 1. The second-order valence-electron chi connectivity index (χ2n) is 5.67. The van der Waals surface area contributed by atoms with Crippen LogP contribution in [0.5, 0.6) is 0 Å². The molecule has 0 amide bonds. The monoisotopic (exact) mass is 320 g/mol. The first kappa shape index (κ1) is 14.3. The lowest BCUT2D eigenvalue weighted by Crippen LogP contribution is -2.32. The summed E-state index contributed by atoms with van der Waals surface area (Å²) in [6, 6.07) is 16.3. The number of ketones is 2. The Kier molecular flexibility index (Phi) is 3.23. The van der Waals surface area contributed by atoms with Crippen molar-refractivity contribution in [2.45, 2.75) is 13.0 Å². The van der Waals surface area contributed by atoms with Crippen LogP contribution in [0.2, 0.25) is 0 Å². The number of H-pyrrole nitrogens is 1. The highest BCUT2D eigenvalue weighted by Gasteiger charge is 2.38. The third-order valence-corrected chi connectivity index (χ3v) is 4.24. The molecule has 4 rings (SSSR count). The topological polar surface area (TPSA) is 77.8 Å². The van der Waals surface area contributed by atoms with E-state index in [2.05, 4.69) is 5.10 Å². The number of benzene rings is 2. The summed E-state index contributed by atoms with van der Waals surface area (Å²) in [6.45, 7) is 0.306. The van der Waals surface area contributed by atoms with Gasteiger partial charge in [0, 0.05) is 11.1 Å². The number of carbonyl (C=O) groups excluding carboxylic acids is 2. The fourth-order valence-electron chi connectivity index (χ4n) is 3.04. The van der Waals surface area contributed by atoms with E-state index in [1.807, 2.05) is 30.3 Å². The fourth-order valence-corrected chi connectivity index (χ4v) is 3.04. The first-order chi connectivity index (χ1) is 11.7. The molecule has 6 nitrogen and oxygen atoms in total. The molecule has 0 radical (unpaired) electrons. The maximum atomic E-state index is 12.8. The van der Waals surface area contributed by atoms with E-state index in [1.54, 1.807) is 24.3 Å². The van der Waals surface area contributed by atoms with Gasteiger partial charge in [-0.05, 0) is 12.0 Å². The predicted molar refractivity (Wildman–Crippen MR) is 85.6 cm³/mol. The van der Waals surface area contributed by atoms with Crippen LogP contribution in [0.25, 0.3) is 0 Å². The van der Waals surface area contributed by atoms with E-state index in [9.17, 15) is 14.5 Å². The van der Waals surface area contributed by atoms with Crippen LogP contribution in [0.15, 0.2) is 54.6 Å². The number of aryl methyl sites for hydroxylation is 1. The van der Waals surface area contributed by atoms with Crippen LogP contribution in [0.4, 0.5) is 0 Å². The molecular formula is C18H14N3O3+. The van der Waals surface area contributed by atoms with Gasteiger partial charge in [0.15, 0.2) is 11.4 Å². The Hall–Kier alpha value is -3.28. The summed E-state index contributed by atoms with van der Waals surface area (Å²) in [5, 5.41) is 2.48. The van der Waals surface area contributed by atoms with Gasteiger partial charge >= 0.3 is 0 Å². The molecule has 1 aromatic heterocycles. The molecule has 1 N–H and O–H groups in total. The van der Waals surface area contributed by atoms with Crippen molar-refractivity contribution in [1.29, 1.82) is 0 Å². The normalized spacial score (nSPS) is 12.8. The zero-order valence-corrected chi connectivity index (χ0v) is 12.7. The summed E-state index contributed by atoms with van der Waals surface area (Å²) in [5.41, 5.74) is 1.90. The van der Waals surface area contributed by atoms with Crippen LogP contribution in [0.3, 0.4) is 0 Å². The van der Waals surface area contributed by atoms with Crippen LogP contribution in [0, 0.1) is 4.91 Å². The van der Waals surface area contributed by atoms with Gasteiger partial charge in [-0.25, -0.2) is 0 Å². The van der Waals surface area contributed by atoms with Crippen LogP contribution < -0.4 is 4.66 Å². The lowest BCUT2D eigenvalue weighted by atomic mass is 9.90. The van der Waals surface area contributed by atoms with Crippen molar-refractivity contribution in [1.82, 2.24) is 9.78 Å². The summed E-state index contributed by atoms with van der Waals surface area (Å²) in [7, 11) is 0. The average Bonchev–Trinajstić information content (AvgIpc) is 2.95. The molecule has 3 aromatic rings. The highest BCUT2D eigenvalue weighted by atomic mass is 16.3. The van der Waals surface area contributed by atoms with E-state index in [-0.39, 0.29) is 23.0 Å². The van der Waals surface area contributed by atoms with Gasteiger partial charge in [-0.1, -0.05) is 64.4 Å². The Morgan fingerprint density at radius 3 is 2.21 bits per heavy atom. The van der Waals surface area contributed by atoms with Gasteiger partial charge < -0.3 is 0 Å². The molecule has 2 aromatic carbocycles. The van der Waals surface area contributed by atoms with Crippen molar-refractivity contribution in [3.05, 3.63) is 87.6 Å². The van der Waals surface area contributed by atoms with Gasteiger partial charge in [0.2, 0.25) is 11.6 Å². The minimum atomic E-state index is -0.330. The molecule has 6 heteroatoms. The van der Waals surface area contributed by atoms with Gasteiger partial charge in [-0.3, -0.25) is 9.59 Å². The SMILES string of the molecule is O=C1c2ccccc2C(=O)c2c1[nH][n+](=O)n2CCc1ccccc1. The standard InChI is InChI=1S/C18H13N3O3/c22-17-13-8-4-5-9-14(13)18(23)16-15(17)19-21(24)20(16)11-10-12-6-2-1-3-7-12/h1-9H,10-11H2/p+1. The van der Waals surface area contributed by atoms with Gasteiger partial charge in [0.25, 0.3) is 4.66 Å². The molecule has 0 bridgehead atoms. The number of fused-ring (bicyclic) bond motifs is 2.